The summed E-state index contributed by atoms with van der Waals surface area (Å²) < 4.78 is 3.97. The number of aliphatic hydroxyl groups excluding tert-OH is 1. The third-order valence-corrected chi connectivity index (χ3v) is 4.82. The minimum Gasteiger partial charge on any atom is -0.393 e. The van der Waals surface area contributed by atoms with Crippen LogP contribution in [0.1, 0.15) is 37.4 Å². The Balaban J connectivity index is 1.39. The van der Waals surface area contributed by atoms with Gasteiger partial charge in [0.1, 0.15) is 12.2 Å². The Bertz CT molecular complexity index is 652. The van der Waals surface area contributed by atoms with E-state index in [0.29, 0.717) is 19.4 Å². The highest BCUT2D eigenvalue weighted by Gasteiger charge is 2.35. The average Bonchev–Trinajstić information content (AvgIpc) is 3.27. The van der Waals surface area contributed by atoms with E-state index in [4.69, 9.17) is 0 Å². The third-order valence-electron chi connectivity index (χ3n) is 4.82. The molecule has 2 aromatic rings. The van der Waals surface area contributed by atoms with Crippen LogP contribution in [0.2, 0.25) is 0 Å². The summed E-state index contributed by atoms with van der Waals surface area (Å²) in [5, 5.41) is 21.3. The molecule has 3 rings (SSSR count). The molecule has 0 unspecified atom stereocenters. The number of carbonyl (C=O) groups excluding carboxylic acids is 1. The molecule has 1 amide bonds. The first-order valence-electron chi connectivity index (χ1n) is 8.53. The fourth-order valence-corrected chi connectivity index (χ4v) is 3.47. The zero-order chi connectivity index (χ0) is 16.9. The highest BCUT2D eigenvalue weighted by molar-refractivity contribution is 5.75. The quantitative estimate of drug-likeness (QED) is 0.795. The van der Waals surface area contributed by atoms with Crippen molar-refractivity contribution in [2.24, 2.45) is 13.0 Å². The molecule has 1 saturated carbocycles. The van der Waals surface area contributed by atoms with Crippen LogP contribution in [0.15, 0.2) is 30.9 Å². The van der Waals surface area contributed by atoms with Crippen LogP contribution in [0.4, 0.5) is 0 Å². The molecule has 0 saturated heterocycles. The Hall–Kier alpha value is -2.15. The molecule has 0 aliphatic heterocycles. The molecule has 0 radical (unpaired) electrons. The molecular formula is C17H25N5O2. The maximum atomic E-state index is 12.0. The number of amides is 1. The fourth-order valence-electron chi connectivity index (χ4n) is 3.47. The second kappa shape index (κ2) is 7.61. The van der Waals surface area contributed by atoms with Gasteiger partial charge >= 0.3 is 0 Å². The van der Waals surface area contributed by atoms with Gasteiger partial charge in [-0.1, -0.05) is 0 Å². The van der Waals surface area contributed by atoms with Crippen molar-refractivity contribution < 1.29 is 9.90 Å². The van der Waals surface area contributed by atoms with Gasteiger partial charge in [-0.15, -0.1) is 10.2 Å². The number of hydrogen-bond donors (Lipinski definition) is 2. The van der Waals surface area contributed by atoms with Crippen LogP contribution in [-0.4, -0.2) is 43.0 Å². The second-order valence-corrected chi connectivity index (χ2v) is 6.62. The predicted octanol–water partition coefficient (Wildman–Crippen LogP) is 1.07. The van der Waals surface area contributed by atoms with Crippen LogP contribution in [-0.2, 0) is 18.4 Å². The van der Waals surface area contributed by atoms with E-state index in [0.717, 1.165) is 25.2 Å². The lowest BCUT2D eigenvalue weighted by Gasteiger charge is -2.15. The Labute approximate surface area is 141 Å². The van der Waals surface area contributed by atoms with Crippen LogP contribution in [0.3, 0.4) is 0 Å². The number of aromatic nitrogens is 4. The molecule has 2 aromatic heterocycles. The summed E-state index contributed by atoms with van der Waals surface area (Å²) in [5.41, 5.74) is 0. The lowest BCUT2D eigenvalue weighted by Crippen LogP contribution is -2.32. The van der Waals surface area contributed by atoms with Gasteiger partial charge in [0, 0.05) is 50.8 Å². The van der Waals surface area contributed by atoms with Gasteiger partial charge in [0.2, 0.25) is 5.91 Å². The van der Waals surface area contributed by atoms with Gasteiger partial charge in [0.05, 0.1) is 6.10 Å². The van der Waals surface area contributed by atoms with Crippen molar-refractivity contribution in [3.8, 4) is 0 Å². The van der Waals surface area contributed by atoms with E-state index in [1.807, 2.05) is 36.1 Å². The molecule has 130 valence electrons. The summed E-state index contributed by atoms with van der Waals surface area (Å²) >= 11 is 0. The Morgan fingerprint density at radius 1 is 1.38 bits per heavy atom. The van der Waals surface area contributed by atoms with Gasteiger partial charge in [-0.3, -0.25) is 4.79 Å². The molecular weight excluding hydrogens is 306 g/mol. The van der Waals surface area contributed by atoms with Crippen molar-refractivity contribution in [3.63, 3.8) is 0 Å². The summed E-state index contributed by atoms with van der Waals surface area (Å²) in [7, 11) is 1.92. The number of aryl methyl sites for hydroxylation is 2. The topological polar surface area (TPSA) is 85.0 Å². The Morgan fingerprint density at radius 2 is 2.17 bits per heavy atom. The van der Waals surface area contributed by atoms with Crippen molar-refractivity contribution in [1.82, 2.24) is 24.6 Å². The minimum absolute atomic E-state index is 0.0523. The maximum absolute atomic E-state index is 12.0. The lowest BCUT2D eigenvalue weighted by atomic mass is 10.0. The molecule has 0 aromatic carbocycles. The third kappa shape index (κ3) is 4.03. The predicted molar refractivity (Wildman–Crippen MR) is 89.2 cm³/mol. The van der Waals surface area contributed by atoms with Crippen molar-refractivity contribution >= 4 is 5.91 Å². The van der Waals surface area contributed by atoms with E-state index >= 15 is 0 Å². The van der Waals surface area contributed by atoms with Crippen molar-refractivity contribution in [1.29, 1.82) is 0 Å². The van der Waals surface area contributed by atoms with E-state index in [2.05, 4.69) is 20.1 Å². The Kier molecular flexibility index (Phi) is 5.30. The summed E-state index contributed by atoms with van der Waals surface area (Å²) in [6.07, 6.45) is 8.12. The van der Waals surface area contributed by atoms with Gasteiger partial charge in [-0.05, 0) is 31.4 Å². The number of aliphatic hydroxyl groups is 1. The van der Waals surface area contributed by atoms with Crippen LogP contribution in [0, 0.1) is 5.92 Å². The van der Waals surface area contributed by atoms with Gasteiger partial charge in [-0.2, -0.15) is 0 Å². The zero-order valence-corrected chi connectivity index (χ0v) is 14.0. The van der Waals surface area contributed by atoms with E-state index in [9.17, 15) is 9.90 Å². The second-order valence-electron chi connectivity index (χ2n) is 6.62. The molecule has 2 heterocycles. The van der Waals surface area contributed by atoms with Gasteiger partial charge < -0.3 is 19.6 Å². The number of nitrogens with zero attached hydrogens (tertiary/aromatic N) is 4. The number of rotatable bonds is 7. The zero-order valence-electron chi connectivity index (χ0n) is 14.0. The standard InChI is InChI=1S/C17H25N5O2/c1-21-12-19-20-17(21)13-9-14(15(23)10-13)11-18-16(24)5-4-8-22-6-2-3-7-22/h2-3,6-7,12-15,23H,4-5,8-11H2,1H3,(H,18,24)/t13-,14+,15+/m0/s1. The van der Waals surface area contributed by atoms with Gasteiger partial charge in [-0.25, -0.2) is 0 Å². The van der Waals surface area contributed by atoms with Crippen LogP contribution in [0.5, 0.6) is 0 Å². The normalized spacial score (nSPS) is 23.5. The van der Waals surface area contributed by atoms with E-state index < -0.39 is 6.10 Å². The number of carbonyl (C=O) groups is 1. The molecule has 7 nitrogen and oxygen atoms in total. The maximum Gasteiger partial charge on any atom is 0.220 e. The summed E-state index contributed by atoms with van der Waals surface area (Å²) in [6.45, 7) is 1.37. The van der Waals surface area contributed by atoms with Gasteiger partial charge in [0.15, 0.2) is 0 Å². The molecule has 24 heavy (non-hydrogen) atoms. The van der Waals surface area contributed by atoms with Gasteiger partial charge in [0.25, 0.3) is 0 Å². The highest BCUT2D eigenvalue weighted by Crippen LogP contribution is 2.37. The number of hydrogen-bond acceptors (Lipinski definition) is 4. The van der Waals surface area contributed by atoms with E-state index in [1.165, 1.54) is 0 Å². The summed E-state index contributed by atoms with van der Waals surface area (Å²) in [5.74, 6) is 1.26. The van der Waals surface area contributed by atoms with Crippen molar-refractivity contribution in [3.05, 3.63) is 36.7 Å². The molecule has 1 fully saturated rings. The molecule has 7 heteroatoms. The van der Waals surface area contributed by atoms with Crippen molar-refractivity contribution in [2.75, 3.05) is 6.54 Å². The van der Waals surface area contributed by atoms with Crippen LogP contribution < -0.4 is 5.32 Å². The van der Waals surface area contributed by atoms with E-state index in [1.54, 1.807) is 6.33 Å². The summed E-state index contributed by atoms with van der Waals surface area (Å²) in [6, 6.07) is 3.96. The first kappa shape index (κ1) is 16.7. The largest absolute Gasteiger partial charge is 0.393 e. The van der Waals surface area contributed by atoms with Crippen LogP contribution in [0.25, 0.3) is 0 Å². The molecule has 1 aliphatic rings. The number of nitrogens with one attached hydrogen (secondary N) is 1. The molecule has 3 atom stereocenters. The summed E-state index contributed by atoms with van der Waals surface area (Å²) in [4.78, 5) is 12.0. The molecule has 1 aliphatic carbocycles. The average molecular weight is 331 g/mol. The minimum atomic E-state index is -0.396. The highest BCUT2D eigenvalue weighted by atomic mass is 16.3. The SMILES string of the molecule is Cn1cnnc1[C@H]1C[C@H](CNC(=O)CCCn2cccc2)[C@H](O)C1. The molecule has 0 spiro atoms. The van der Waals surface area contributed by atoms with Crippen molar-refractivity contribution in [2.45, 2.75) is 44.2 Å². The Morgan fingerprint density at radius 3 is 2.88 bits per heavy atom. The monoisotopic (exact) mass is 331 g/mol. The van der Waals surface area contributed by atoms with E-state index in [-0.39, 0.29) is 17.7 Å². The molecule has 2 N–H and O–H groups in total. The first-order chi connectivity index (χ1) is 11.6. The van der Waals surface area contributed by atoms with Crippen LogP contribution >= 0.6 is 0 Å². The first-order valence-corrected chi connectivity index (χ1v) is 8.53. The lowest BCUT2D eigenvalue weighted by molar-refractivity contribution is -0.121. The smallest absolute Gasteiger partial charge is 0.220 e. The molecule has 0 bridgehead atoms. The fraction of sp³-hybridized carbons (Fsp3) is 0.588.